The van der Waals surface area contributed by atoms with E-state index in [1.807, 2.05) is 6.92 Å². The molecule has 1 heterocycles. The lowest BCUT2D eigenvalue weighted by molar-refractivity contribution is -0.154. The van der Waals surface area contributed by atoms with Gasteiger partial charge in [-0.25, -0.2) is 0 Å². The molecule has 156 valence electrons. The summed E-state index contributed by atoms with van der Waals surface area (Å²) >= 11 is 0. The lowest BCUT2D eigenvalue weighted by Crippen LogP contribution is -2.60. The monoisotopic (exact) mass is 386 g/mol. The van der Waals surface area contributed by atoms with Gasteiger partial charge in [-0.2, -0.15) is 0 Å². The van der Waals surface area contributed by atoms with Gasteiger partial charge in [0, 0.05) is 17.3 Å². The summed E-state index contributed by atoms with van der Waals surface area (Å²) in [5.74, 6) is 3.27. The van der Waals surface area contributed by atoms with Gasteiger partial charge in [0.1, 0.15) is 11.4 Å². The molecule has 5 saturated carbocycles. The van der Waals surface area contributed by atoms with Crippen LogP contribution in [0.3, 0.4) is 0 Å². The van der Waals surface area contributed by atoms with E-state index in [1.54, 1.807) is 0 Å². The molecule has 3 heteroatoms. The summed E-state index contributed by atoms with van der Waals surface area (Å²) in [6, 6.07) is 0. The Hall–Kier alpha value is -0.410. The Kier molecular flexibility index (Phi) is 3.57. The molecule has 0 aromatic carbocycles. The highest BCUT2D eigenvalue weighted by atomic mass is 16.6. The molecule has 0 aromatic heterocycles. The van der Waals surface area contributed by atoms with Gasteiger partial charge in [0.2, 0.25) is 0 Å². The van der Waals surface area contributed by atoms with Crippen LogP contribution in [0.25, 0.3) is 0 Å². The number of ether oxygens (including phenoxy) is 1. The summed E-state index contributed by atoms with van der Waals surface area (Å²) in [6.07, 6.45) is 13.1. The molecule has 1 spiro atoms. The topological polar surface area (TPSA) is 49.8 Å². The van der Waals surface area contributed by atoms with Gasteiger partial charge in [-0.15, -0.1) is 0 Å². The molecule has 1 aliphatic heterocycles. The smallest absolute Gasteiger partial charge is 0.136 e. The van der Waals surface area contributed by atoms with Crippen LogP contribution in [0.2, 0.25) is 0 Å². The molecule has 1 saturated heterocycles. The number of hydrogen-bond donors (Lipinski definition) is 1. The molecule has 0 radical (unpaired) electrons. The predicted octanol–water partition coefficient (Wildman–Crippen LogP) is 4.90. The van der Waals surface area contributed by atoms with Gasteiger partial charge in [-0.1, -0.05) is 26.7 Å². The second kappa shape index (κ2) is 5.44. The number of hydrogen-bond acceptors (Lipinski definition) is 3. The number of ketones is 1. The third-order valence-electron chi connectivity index (χ3n) is 11.7. The number of carbonyl (C=O) groups excluding carboxylic acids is 1. The first-order valence-corrected chi connectivity index (χ1v) is 12.2. The Balaban J connectivity index is 1.40. The van der Waals surface area contributed by atoms with Gasteiger partial charge in [0.25, 0.3) is 0 Å². The van der Waals surface area contributed by atoms with Crippen molar-refractivity contribution in [2.75, 3.05) is 0 Å². The van der Waals surface area contributed by atoms with Crippen molar-refractivity contribution in [1.82, 2.24) is 0 Å². The summed E-state index contributed by atoms with van der Waals surface area (Å²) < 4.78 is 6.48. The zero-order valence-electron chi connectivity index (χ0n) is 18.0. The van der Waals surface area contributed by atoms with E-state index >= 15 is 0 Å². The molecule has 28 heavy (non-hydrogen) atoms. The van der Waals surface area contributed by atoms with E-state index in [-0.39, 0.29) is 27.9 Å². The van der Waals surface area contributed by atoms with E-state index in [0.717, 1.165) is 37.5 Å². The molecule has 6 fully saturated rings. The van der Waals surface area contributed by atoms with Gasteiger partial charge in [0.05, 0.1) is 12.2 Å². The summed E-state index contributed by atoms with van der Waals surface area (Å²) in [5.41, 5.74) is 0.371. The fourth-order valence-corrected chi connectivity index (χ4v) is 10.5. The maximum absolute atomic E-state index is 13.2. The fraction of sp³-hybridized carbons (Fsp3) is 0.960. The van der Waals surface area contributed by atoms with Crippen LogP contribution in [0.15, 0.2) is 0 Å². The van der Waals surface area contributed by atoms with Crippen molar-refractivity contribution in [2.45, 2.75) is 109 Å². The molecule has 0 amide bonds. The number of rotatable bonds is 1. The molecule has 1 N–H and O–H groups in total. The number of aliphatic hydroxyl groups is 1. The van der Waals surface area contributed by atoms with Crippen molar-refractivity contribution in [1.29, 1.82) is 0 Å². The van der Waals surface area contributed by atoms with E-state index in [9.17, 15) is 9.90 Å². The van der Waals surface area contributed by atoms with Gasteiger partial charge in [-0.05, 0) is 87.4 Å². The van der Waals surface area contributed by atoms with Crippen molar-refractivity contribution < 1.29 is 14.6 Å². The van der Waals surface area contributed by atoms with Crippen LogP contribution in [-0.2, 0) is 9.53 Å². The average molecular weight is 387 g/mol. The van der Waals surface area contributed by atoms with Crippen LogP contribution < -0.4 is 0 Å². The lowest BCUT2D eigenvalue weighted by atomic mass is 9.42. The molecule has 5 aliphatic carbocycles. The normalized spacial score (nSPS) is 62.0. The number of Topliss-reactive ketones (excluding diaryl/α,β-unsaturated/α-hetero) is 1. The molecule has 6 rings (SSSR count). The highest BCUT2D eigenvalue weighted by Gasteiger charge is 2.77. The number of carbonyl (C=O) groups is 1. The summed E-state index contributed by atoms with van der Waals surface area (Å²) in [6.45, 7) is 6.93. The predicted molar refractivity (Wildman–Crippen MR) is 108 cm³/mol. The van der Waals surface area contributed by atoms with Crippen LogP contribution in [0.5, 0.6) is 0 Å². The summed E-state index contributed by atoms with van der Waals surface area (Å²) in [5, 5.41) is 10.4. The molecule has 10 atom stereocenters. The molecule has 0 unspecified atom stereocenters. The average Bonchev–Trinajstić information content (AvgIpc) is 3.27. The minimum atomic E-state index is -0.168. The molecule has 0 aromatic rings. The minimum absolute atomic E-state index is 0.0246. The highest BCUT2D eigenvalue weighted by molar-refractivity contribution is 5.84. The SMILES string of the molecule is CC(=O)[C@@]12CCCC[C@@H]1C[C@H]1[C@H]3C[C@@H]4O[C@@]45C[C@@H](O)CC[C@]5(C)[C@H]3CC[C@]12C. The van der Waals surface area contributed by atoms with Crippen LogP contribution >= 0.6 is 0 Å². The largest absolute Gasteiger partial charge is 0.393 e. The van der Waals surface area contributed by atoms with E-state index in [2.05, 4.69) is 13.8 Å². The van der Waals surface area contributed by atoms with Gasteiger partial charge in [-0.3, -0.25) is 4.79 Å². The Bertz CT molecular complexity index is 719. The molecular weight excluding hydrogens is 348 g/mol. The maximum Gasteiger partial charge on any atom is 0.136 e. The van der Waals surface area contributed by atoms with Crippen molar-refractivity contribution in [2.24, 2.45) is 39.9 Å². The summed E-state index contributed by atoms with van der Waals surface area (Å²) in [4.78, 5) is 13.2. The Morgan fingerprint density at radius 2 is 1.75 bits per heavy atom. The van der Waals surface area contributed by atoms with Crippen LogP contribution in [0, 0.1) is 39.9 Å². The quantitative estimate of drug-likeness (QED) is 0.652. The zero-order chi connectivity index (χ0) is 19.5. The highest BCUT2D eigenvalue weighted by Crippen LogP contribution is 2.77. The first-order chi connectivity index (χ1) is 13.3. The van der Waals surface area contributed by atoms with Crippen LogP contribution in [0.4, 0.5) is 0 Å². The van der Waals surface area contributed by atoms with Crippen molar-refractivity contribution in [3.8, 4) is 0 Å². The van der Waals surface area contributed by atoms with Crippen LogP contribution in [-0.4, -0.2) is 28.7 Å². The zero-order valence-corrected chi connectivity index (χ0v) is 18.0. The maximum atomic E-state index is 13.2. The fourth-order valence-electron chi connectivity index (χ4n) is 10.5. The second-order valence-corrected chi connectivity index (χ2v) is 12.1. The van der Waals surface area contributed by atoms with Crippen molar-refractivity contribution in [3.05, 3.63) is 0 Å². The first kappa shape index (κ1) is 18.4. The van der Waals surface area contributed by atoms with Crippen LogP contribution in [0.1, 0.15) is 91.4 Å². The lowest BCUT2D eigenvalue weighted by Gasteiger charge is -2.61. The van der Waals surface area contributed by atoms with Gasteiger partial charge < -0.3 is 9.84 Å². The minimum Gasteiger partial charge on any atom is -0.393 e. The molecule has 3 nitrogen and oxygen atoms in total. The third kappa shape index (κ3) is 1.84. The van der Waals surface area contributed by atoms with E-state index in [1.165, 1.54) is 44.9 Å². The number of aliphatic hydroxyl groups excluding tert-OH is 1. The van der Waals surface area contributed by atoms with E-state index in [0.29, 0.717) is 23.7 Å². The molecular formula is C25H38O3. The van der Waals surface area contributed by atoms with E-state index in [4.69, 9.17) is 4.74 Å². The van der Waals surface area contributed by atoms with E-state index < -0.39 is 0 Å². The Labute approximate surface area is 170 Å². The van der Waals surface area contributed by atoms with Gasteiger partial charge in [0.15, 0.2) is 0 Å². The first-order valence-electron chi connectivity index (χ1n) is 12.2. The van der Waals surface area contributed by atoms with Crippen molar-refractivity contribution in [3.63, 3.8) is 0 Å². The Morgan fingerprint density at radius 1 is 0.964 bits per heavy atom. The standard InChI is InChI=1S/C25H38O3/c1-15(26)24-9-5-4-6-16(24)12-20-18-13-21-25(28-21)14-17(27)7-10-23(25,3)19(18)8-11-22(20,24)2/h16-21,27H,4-14H2,1-3H3/t16-,17+,18+,19+,20+,21+,22-,23-,24+,25+/m1/s1. The third-order valence-corrected chi connectivity index (χ3v) is 11.7. The molecule has 0 bridgehead atoms. The second-order valence-electron chi connectivity index (χ2n) is 12.1. The van der Waals surface area contributed by atoms with Crippen molar-refractivity contribution >= 4 is 5.78 Å². The number of fused-ring (bicyclic) bond motifs is 6. The molecule has 6 aliphatic rings. The summed E-state index contributed by atoms with van der Waals surface area (Å²) in [7, 11) is 0. The Morgan fingerprint density at radius 3 is 2.54 bits per heavy atom. The van der Waals surface area contributed by atoms with Gasteiger partial charge >= 0.3 is 0 Å². The number of epoxide rings is 1.